The summed E-state index contributed by atoms with van der Waals surface area (Å²) in [6.07, 6.45) is 1.68. The average molecular weight is 584 g/mol. The van der Waals surface area contributed by atoms with Gasteiger partial charge in [-0.2, -0.15) is 13.2 Å². The van der Waals surface area contributed by atoms with E-state index < -0.39 is 29.5 Å². The van der Waals surface area contributed by atoms with Gasteiger partial charge in [-0.3, -0.25) is 9.59 Å². The summed E-state index contributed by atoms with van der Waals surface area (Å²) in [6.45, 7) is 3.12. The van der Waals surface area contributed by atoms with E-state index in [1.165, 1.54) is 12.5 Å². The molecule has 0 radical (unpaired) electrons. The van der Waals surface area contributed by atoms with Crippen molar-refractivity contribution in [2.75, 3.05) is 42.5 Å². The number of benzene rings is 3. The molecule has 42 heavy (non-hydrogen) atoms. The van der Waals surface area contributed by atoms with E-state index in [0.29, 0.717) is 41.7 Å². The van der Waals surface area contributed by atoms with Crippen molar-refractivity contribution in [2.24, 2.45) is 0 Å². The molecule has 0 aromatic heterocycles. The van der Waals surface area contributed by atoms with Crippen LogP contribution >= 0.6 is 0 Å². The molecule has 1 heterocycles. The van der Waals surface area contributed by atoms with Gasteiger partial charge in [0.1, 0.15) is 11.9 Å². The van der Waals surface area contributed by atoms with Gasteiger partial charge in [-0.1, -0.05) is 42.8 Å². The van der Waals surface area contributed by atoms with Gasteiger partial charge in [0.25, 0.3) is 0 Å². The molecule has 11 heteroatoms. The third-order valence-electron chi connectivity index (χ3n) is 6.96. The Morgan fingerprint density at radius 1 is 0.929 bits per heavy atom. The fourth-order valence-electron chi connectivity index (χ4n) is 4.67. The standard InChI is InChI=1S/C31H33F4N5O2/c32-24-20-23(31(33,34)35)13-14-26(24)39-30(42)29(37-16-19-40-17-4-1-5-18-40)22-11-8-21(9-12-22)10-15-28(41)38-27-7-3-2-6-25(27)36/h2-3,6-15,20,29,37H,1,4-5,16-19,36H2,(H,38,41)(H,39,42). The first kappa shape index (κ1) is 30.7. The number of halogens is 4. The molecular formula is C31H33F4N5O2. The van der Waals surface area contributed by atoms with Crippen LogP contribution < -0.4 is 21.7 Å². The first-order valence-corrected chi connectivity index (χ1v) is 13.7. The molecular weight excluding hydrogens is 550 g/mol. The van der Waals surface area contributed by atoms with Crippen molar-refractivity contribution in [3.05, 3.63) is 95.3 Å². The molecule has 5 N–H and O–H groups in total. The first-order valence-electron chi connectivity index (χ1n) is 13.7. The van der Waals surface area contributed by atoms with E-state index >= 15 is 0 Å². The van der Waals surface area contributed by atoms with Gasteiger partial charge in [0, 0.05) is 19.2 Å². The van der Waals surface area contributed by atoms with Gasteiger partial charge >= 0.3 is 6.18 Å². The fourth-order valence-corrected chi connectivity index (χ4v) is 4.67. The zero-order valence-corrected chi connectivity index (χ0v) is 22.9. The predicted molar refractivity (Wildman–Crippen MR) is 156 cm³/mol. The van der Waals surface area contributed by atoms with Crippen molar-refractivity contribution >= 4 is 35.0 Å². The van der Waals surface area contributed by atoms with Gasteiger partial charge in [0.2, 0.25) is 11.8 Å². The molecule has 1 aliphatic rings. The molecule has 0 bridgehead atoms. The number of amides is 2. The van der Waals surface area contributed by atoms with Gasteiger partial charge < -0.3 is 26.6 Å². The number of rotatable bonds is 10. The zero-order chi connectivity index (χ0) is 30.1. The lowest BCUT2D eigenvalue weighted by atomic mass is 10.0. The number of hydrogen-bond donors (Lipinski definition) is 4. The summed E-state index contributed by atoms with van der Waals surface area (Å²) >= 11 is 0. The largest absolute Gasteiger partial charge is 0.416 e. The Balaban J connectivity index is 1.46. The van der Waals surface area contributed by atoms with E-state index in [4.69, 9.17) is 5.73 Å². The van der Waals surface area contributed by atoms with Gasteiger partial charge in [-0.15, -0.1) is 0 Å². The summed E-state index contributed by atoms with van der Waals surface area (Å²) < 4.78 is 53.3. The highest BCUT2D eigenvalue weighted by Gasteiger charge is 2.31. The van der Waals surface area contributed by atoms with E-state index in [9.17, 15) is 27.2 Å². The van der Waals surface area contributed by atoms with Crippen LogP contribution in [0.1, 0.15) is 42.0 Å². The summed E-state index contributed by atoms with van der Waals surface area (Å²) in [5.74, 6) is -2.16. The number of carbonyl (C=O) groups is 2. The maximum Gasteiger partial charge on any atom is 0.416 e. The third-order valence-corrected chi connectivity index (χ3v) is 6.96. The number of alkyl halides is 3. The lowest BCUT2D eigenvalue weighted by molar-refractivity contribution is -0.137. The quantitative estimate of drug-likeness (QED) is 0.137. The summed E-state index contributed by atoms with van der Waals surface area (Å²) in [4.78, 5) is 27.9. The Hall–Kier alpha value is -4.22. The van der Waals surface area contributed by atoms with Crippen molar-refractivity contribution in [1.82, 2.24) is 10.2 Å². The molecule has 3 aromatic rings. The minimum atomic E-state index is -4.70. The molecule has 1 unspecified atom stereocenters. The molecule has 0 spiro atoms. The Morgan fingerprint density at radius 2 is 1.64 bits per heavy atom. The fraction of sp³-hybridized carbons (Fsp3) is 0.290. The minimum Gasteiger partial charge on any atom is -0.397 e. The van der Waals surface area contributed by atoms with Crippen molar-refractivity contribution in [3.8, 4) is 0 Å². The highest BCUT2D eigenvalue weighted by Crippen LogP contribution is 2.31. The summed E-state index contributed by atoms with van der Waals surface area (Å²) in [5, 5.41) is 8.34. The number of nitrogens with zero attached hydrogens (tertiary/aromatic N) is 1. The molecule has 7 nitrogen and oxygen atoms in total. The van der Waals surface area contributed by atoms with E-state index in [-0.39, 0.29) is 11.6 Å². The van der Waals surface area contributed by atoms with Crippen molar-refractivity contribution in [2.45, 2.75) is 31.5 Å². The average Bonchev–Trinajstić information content (AvgIpc) is 2.97. The highest BCUT2D eigenvalue weighted by atomic mass is 19.4. The van der Waals surface area contributed by atoms with E-state index in [0.717, 1.165) is 38.1 Å². The second-order valence-corrected chi connectivity index (χ2v) is 10.0. The maximum absolute atomic E-state index is 14.5. The van der Waals surface area contributed by atoms with Crippen LogP contribution in [0.4, 0.5) is 34.6 Å². The third kappa shape index (κ3) is 8.64. The SMILES string of the molecule is Nc1ccccc1NC(=O)C=Cc1ccc(C(NCCN2CCCCC2)C(=O)Nc2ccc(C(F)(F)F)cc2F)cc1. The normalized spacial score (nSPS) is 15.0. The van der Waals surface area contributed by atoms with Crippen molar-refractivity contribution < 1.29 is 27.2 Å². The highest BCUT2D eigenvalue weighted by molar-refractivity contribution is 6.03. The van der Waals surface area contributed by atoms with Gasteiger partial charge in [-0.25, -0.2) is 4.39 Å². The first-order chi connectivity index (χ1) is 20.1. The van der Waals surface area contributed by atoms with Crippen LogP contribution in [0.3, 0.4) is 0 Å². The predicted octanol–water partition coefficient (Wildman–Crippen LogP) is 5.83. The van der Waals surface area contributed by atoms with E-state index in [1.54, 1.807) is 54.6 Å². The van der Waals surface area contributed by atoms with Gasteiger partial charge in [0.05, 0.1) is 22.6 Å². The number of anilines is 3. The molecule has 0 aliphatic carbocycles. The molecule has 222 valence electrons. The minimum absolute atomic E-state index is 0.347. The molecule has 1 fully saturated rings. The number of likely N-dealkylation sites (tertiary alicyclic amines) is 1. The van der Waals surface area contributed by atoms with Crippen LogP contribution in [0.25, 0.3) is 6.08 Å². The van der Waals surface area contributed by atoms with Crippen molar-refractivity contribution in [1.29, 1.82) is 0 Å². The molecule has 4 rings (SSSR count). The van der Waals surface area contributed by atoms with Crippen LogP contribution in [0.15, 0.2) is 72.8 Å². The van der Waals surface area contributed by atoms with Crippen LogP contribution in [0.5, 0.6) is 0 Å². The molecule has 0 saturated carbocycles. The van der Waals surface area contributed by atoms with E-state index in [2.05, 4.69) is 20.9 Å². The Kier molecular flexibility index (Phi) is 10.3. The van der Waals surface area contributed by atoms with E-state index in [1.807, 2.05) is 0 Å². The molecule has 1 aliphatic heterocycles. The lowest BCUT2D eigenvalue weighted by Crippen LogP contribution is -2.40. The number of nitrogens with one attached hydrogen (secondary N) is 3. The number of carbonyl (C=O) groups excluding carboxylic acids is 2. The molecule has 1 atom stereocenters. The zero-order valence-electron chi connectivity index (χ0n) is 22.9. The number of piperidine rings is 1. The van der Waals surface area contributed by atoms with Crippen LogP contribution in [-0.4, -0.2) is 42.9 Å². The monoisotopic (exact) mass is 583 g/mol. The van der Waals surface area contributed by atoms with Gasteiger partial charge in [-0.05, 0) is 73.5 Å². The number of nitrogens with two attached hydrogens (primary N) is 1. The summed E-state index contributed by atoms with van der Waals surface area (Å²) in [5.41, 5.74) is 6.57. The molecule has 1 saturated heterocycles. The lowest BCUT2D eigenvalue weighted by Gasteiger charge is -2.27. The maximum atomic E-state index is 14.5. The second kappa shape index (κ2) is 14.1. The number of nitrogen functional groups attached to an aromatic ring is 1. The molecule has 2 amide bonds. The number of hydrogen-bond acceptors (Lipinski definition) is 5. The Morgan fingerprint density at radius 3 is 2.31 bits per heavy atom. The Bertz CT molecular complexity index is 1400. The summed E-state index contributed by atoms with van der Waals surface area (Å²) in [6, 6.07) is 14.8. The van der Waals surface area contributed by atoms with Crippen molar-refractivity contribution in [3.63, 3.8) is 0 Å². The number of para-hydroxylation sites is 2. The smallest absolute Gasteiger partial charge is 0.397 e. The van der Waals surface area contributed by atoms with Crippen LogP contribution in [-0.2, 0) is 15.8 Å². The molecule has 3 aromatic carbocycles. The summed E-state index contributed by atoms with van der Waals surface area (Å²) in [7, 11) is 0. The van der Waals surface area contributed by atoms with Crippen LogP contribution in [0, 0.1) is 5.82 Å². The van der Waals surface area contributed by atoms with Crippen LogP contribution in [0.2, 0.25) is 0 Å². The van der Waals surface area contributed by atoms with Gasteiger partial charge in [0.15, 0.2) is 0 Å². The Labute approximate surface area is 241 Å². The topological polar surface area (TPSA) is 99.5 Å². The second-order valence-electron chi connectivity index (χ2n) is 10.0.